The largest absolute Gasteiger partial charge is 0.497 e. The Kier molecular flexibility index (Phi) is 8.92. The van der Waals surface area contributed by atoms with Crippen molar-refractivity contribution in [3.8, 4) is 11.6 Å². The lowest BCUT2D eigenvalue weighted by molar-refractivity contribution is 0.143. The molecule has 1 aromatic carbocycles. The van der Waals surface area contributed by atoms with E-state index >= 15 is 0 Å². The summed E-state index contributed by atoms with van der Waals surface area (Å²) < 4.78 is 15.6. The third-order valence-corrected chi connectivity index (χ3v) is 3.88. The van der Waals surface area contributed by atoms with Crippen LogP contribution in [0.5, 0.6) is 11.6 Å². The minimum absolute atomic E-state index is 0.492. The molecule has 0 saturated carbocycles. The zero-order valence-electron chi connectivity index (χ0n) is 16.2. The Hall–Kier alpha value is -2.80. The van der Waals surface area contributed by atoms with E-state index in [1.807, 2.05) is 24.3 Å². The number of guanidine groups is 1. The molecule has 7 heteroatoms. The van der Waals surface area contributed by atoms with E-state index in [0.717, 1.165) is 30.2 Å². The summed E-state index contributed by atoms with van der Waals surface area (Å²) in [6.45, 7) is 2.46. The van der Waals surface area contributed by atoms with Gasteiger partial charge in [0.15, 0.2) is 5.96 Å². The van der Waals surface area contributed by atoms with Gasteiger partial charge in [0.25, 0.3) is 0 Å². The molecular formula is C20H28N4O3. The first-order valence-corrected chi connectivity index (χ1v) is 8.89. The monoisotopic (exact) mass is 372 g/mol. The summed E-state index contributed by atoms with van der Waals surface area (Å²) in [6, 6.07) is 11.9. The Bertz CT molecular complexity index is 687. The number of nitrogens with zero attached hydrogens (tertiary/aromatic N) is 2. The average Bonchev–Trinajstić information content (AvgIpc) is 2.72. The average molecular weight is 372 g/mol. The van der Waals surface area contributed by atoms with Crippen LogP contribution in [-0.4, -0.2) is 52.0 Å². The van der Waals surface area contributed by atoms with Gasteiger partial charge in [0.2, 0.25) is 5.88 Å². The standard InChI is InChI=1S/C20H28N4O3/c1-21-20(22-11-10-16-4-7-18(26-3)8-5-16)24-15-17-6-9-19(23-14-17)27-13-12-25-2/h4-9,14H,10-13,15H2,1-3H3,(H2,21,22,24). The van der Waals surface area contributed by atoms with Crippen LogP contribution in [0.4, 0.5) is 0 Å². The highest BCUT2D eigenvalue weighted by Crippen LogP contribution is 2.11. The van der Waals surface area contributed by atoms with Gasteiger partial charge in [-0.25, -0.2) is 4.98 Å². The Morgan fingerprint density at radius 1 is 1.00 bits per heavy atom. The maximum Gasteiger partial charge on any atom is 0.213 e. The number of hydrogen-bond donors (Lipinski definition) is 2. The van der Waals surface area contributed by atoms with Gasteiger partial charge in [-0.05, 0) is 29.7 Å². The van der Waals surface area contributed by atoms with Crippen molar-refractivity contribution in [2.75, 3.05) is 41.0 Å². The number of rotatable bonds is 10. The fourth-order valence-electron chi connectivity index (χ4n) is 2.35. The van der Waals surface area contributed by atoms with Crippen LogP contribution in [-0.2, 0) is 17.7 Å². The van der Waals surface area contributed by atoms with Crippen molar-refractivity contribution in [2.45, 2.75) is 13.0 Å². The molecule has 0 aliphatic heterocycles. The van der Waals surface area contributed by atoms with Gasteiger partial charge in [-0.15, -0.1) is 0 Å². The Balaban J connectivity index is 1.71. The molecule has 0 fully saturated rings. The molecule has 0 aliphatic carbocycles. The van der Waals surface area contributed by atoms with Gasteiger partial charge in [-0.2, -0.15) is 0 Å². The SMILES string of the molecule is CN=C(NCCc1ccc(OC)cc1)NCc1ccc(OCCOC)nc1. The van der Waals surface area contributed by atoms with Gasteiger partial charge in [-0.3, -0.25) is 4.99 Å². The van der Waals surface area contributed by atoms with Gasteiger partial charge in [-0.1, -0.05) is 18.2 Å². The number of hydrogen-bond acceptors (Lipinski definition) is 5. The first-order valence-electron chi connectivity index (χ1n) is 8.89. The van der Waals surface area contributed by atoms with Crippen LogP contribution in [0.25, 0.3) is 0 Å². The van der Waals surface area contributed by atoms with Gasteiger partial charge in [0.05, 0.1) is 13.7 Å². The molecule has 0 atom stereocenters. The maximum atomic E-state index is 5.46. The van der Waals surface area contributed by atoms with E-state index in [9.17, 15) is 0 Å². The third-order valence-electron chi connectivity index (χ3n) is 3.88. The van der Waals surface area contributed by atoms with Gasteiger partial charge >= 0.3 is 0 Å². The summed E-state index contributed by atoms with van der Waals surface area (Å²) in [4.78, 5) is 8.53. The second kappa shape index (κ2) is 11.7. The lowest BCUT2D eigenvalue weighted by Gasteiger charge is -2.12. The smallest absolute Gasteiger partial charge is 0.213 e. The Labute approximate surface area is 160 Å². The van der Waals surface area contributed by atoms with Crippen molar-refractivity contribution in [1.82, 2.24) is 15.6 Å². The van der Waals surface area contributed by atoms with Crippen LogP contribution >= 0.6 is 0 Å². The second-order valence-electron chi connectivity index (χ2n) is 5.80. The zero-order valence-corrected chi connectivity index (χ0v) is 16.2. The highest BCUT2D eigenvalue weighted by Gasteiger charge is 2.01. The van der Waals surface area contributed by atoms with Crippen LogP contribution < -0.4 is 20.1 Å². The summed E-state index contributed by atoms with van der Waals surface area (Å²) in [7, 11) is 5.07. The number of aliphatic imine (C=N–C) groups is 1. The minimum Gasteiger partial charge on any atom is -0.497 e. The van der Waals surface area contributed by atoms with Gasteiger partial charge < -0.3 is 24.8 Å². The van der Waals surface area contributed by atoms with Gasteiger partial charge in [0, 0.05) is 39.5 Å². The fraction of sp³-hybridized carbons (Fsp3) is 0.400. The van der Waals surface area contributed by atoms with Gasteiger partial charge in [0.1, 0.15) is 12.4 Å². The van der Waals surface area contributed by atoms with Crippen LogP contribution in [0, 0.1) is 0 Å². The highest BCUT2D eigenvalue weighted by atomic mass is 16.5. The molecule has 7 nitrogen and oxygen atoms in total. The van der Waals surface area contributed by atoms with E-state index < -0.39 is 0 Å². The van der Waals surface area contributed by atoms with E-state index in [2.05, 4.69) is 32.7 Å². The van der Waals surface area contributed by atoms with E-state index in [0.29, 0.717) is 25.6 Å². The fourth-order valence-corrected chi connectivity index (χ4v) is 2.35. The Morgan fingerprint density at radius 2 is 1.78 bits per heavy atom. The van der Waals surface area contributed by atoms with Crippen molar-refractivity contribution in [3.05, 3.63) is 53.7 Å². The number of aromatic nitrogens is 1. The minimum atomic E-state index is 0.492. The number of ether oxygens (including phenoxy) is 3. The lowest BCUT2D eigenvalue weighted by atomic mass is 10.1. The molecular weight excluding hydrogens is 344 g/mol. The Morgan fingerprint density at radius 3 is 2.41 bits per heavy atom. The molecule has 0 saturated heterocycles. The number of pyridine rings is 1. The van der Waals surface area contributed by atoms with E-state index in [1.54, 1.807) is 27.5 Å². The predicted octanol–water partition coefficient (Wildman–Crippen LogP) is 2.02. The van der Waals surface area contributed by atoms with E-state index in [1.165, 1.54) is 5.56 Å². The molecule has 0 spiro atoms. The summed E-state index contributed by atoms with van der Waals surface area (Å²) in [5.41, 5.74) is 2.29. The first-order chi connectivity index (χ1) is 13.2. The van der Waals surface area contributed by atoms with E-state index in [4.69, 9.17) is 14.2 Å². The molecule has 0 radical (unpaired) electrons. The van der Waals surface area contributed by atoms with E-state index in [-0.39, 0.29) is 0 Å². The van der Waals surface area contributed by atoms with Crippen LogP contribution in [0.1, 0.15) is 11.1 Å². The predicted molar refractivity (Wildman–Crippen MR) is 107 cm³/mol. The van der Waals surface area contributed by atoms with Crippen molar-refractivity contribution in [1.29, 1.82) is 0 Å². The molecule has 1 heterocycles. The number of benzene rings is 1. The normalized spacial score (nSPS) is 11.1. The van der Waals surface area contributed by atoms with Crippen LogP contribution in [0.2, 0.25) is 0 Å². The molecule has 0 amide bonds. The number of methoxy groups -OCH3 is 2. The summed E-state index contributed by atoms with van der Waals surface area (Å²) in [5, 5.41) is 6.59. The summed E-state index contributed by atoms with van der Waals surface area (Å²) in [6.07, 6.45) is 2.69. The quantitative estimate of drug-likeness (QED) is 0.378. The van der Waals surface area contributed by atoms with Crippen molar-refractivity contribution in [3.63, 3.8) is 0 Å². The third kappa shape index (κ3) is 7.53. The topological polar surface area (TPSA) is 77.0 Å². The highest BCUT2D eigenvalue weighted by molar-refractivity contribution is 5.79. The van der Waals surface area contributed by atoms with Crippen molar-refractivity contribution < 1.29 is 14.2 Å². The summed E-state index contributed by atoms with van der Waals surface area (Å²) in [5.74, 6) is 2.22. The second-order valence-corrected chi connectivity index (χ2v) is 5.80. The van der Waals surface area contributed by atoms with Crippen molar-refractivity contribution in [2.24, 2.45) is 4.99 Å². The van der Waals surface area contributed by atoms with Crippen LogP contribution in [0.3, 0.4) is 0 Å². The first kappa shape index (κ1) is 20.5. The zero-order chi connectivity index (χ0) is 19.3. The molecule has 27 heavy (non-hydrogen) atoms. The molecule has 2 N–H and O–H groups in total. The summed E-state index contributed by atoms with van der Waals surface area (Å²) >= 11 is 0. The molecule has 0 unspecified atom stereocenters. The molecule has 0 aliphatic rings. The molecule has 146 valence electrons. The molecule has 1 aromatic heterocycles. The van der Waals surface area contributed by atoms with Crippen LogP contribution in [0.15, 0.2) is 47.6 Å². The molecule has 0 bridgehead atoms. The lowest BCUT2D eigenvalue weighted by Crippen LogP contribution is -2.37. The maximum absolute atomic E-state index is 5.46. The number of nitrogens with one attached hydrogen (secondary N) is 2. The molecule has 2 rings (SSSR count). The van der Waals surface area contributed by atoms with Crippen molar-refractivity contribution >= 4 is 5.96 Å². The molecule has 2 aromatic rings.